The molecule has 26 heavy (non-hydrogen) atoms. The topological polar surface area (TPSA) is 46.4 Å². The summed E-state index contributed by atoms with van der Waals surface area (Å²) in [5.41, 5.74) is 2.80. The molecule has 0 fully saturated rings. The smallest absolute Gasteiger partial charge is 0.260 e. The van der Waals surface area contributed by atoms with Crippen molar-refractivity contribution in [2.45, 2.75) is 0 Å². The number of fused-ring (bicyclic) bond motifs is 1. The second-order valence-electron chi connectivity index (χ2n) is 5.72. The fraction of sp³-hybridized carbons (Fsp3) is 0. The monoisotopic (exact) mass is 365 g/mol. The molecule has 6 heteroatoms. The Kier molecular flexibility index (Phi) is 4.14. The number of rotatable bonds is 3. The summed E-state index contributed by atoms with van der Waals surface area (Å²) in [6.45, 7) is 0. The van der Waals surface area contributed by atoms with Crippen LogP contribution in [0.15, 0.2) is 73.1 Å². The van der Waals surface area contributed by atoms with Gasteiger partial charge in [0.15, 0.2) is 0 Å². The van der Waals surface area contributed by atoms with Gasteiger partial charge in [-0.05, 0) is 36.4 Å². The van der Waals surface area contributed by atoms with Gasteiger partial charge in [0, 0.05) is 23.6 Å². The molecule has 4 aromatic rings. The summed E-state index contributed by atoms with van der Waals surface area (Å²) in [6.07, 6.45) is 3.82. The summed E-state index contributed by atoms with van der Waals surface area (Å²) < 4.78 is 15.8. The van der Waals surface area contributed by atoms with Gasteiger partial charge in [0.25, 0.3) is 5.91 Å². The van der Waals surface area contributed by atoms with E-state index in [1.165, 1.54) is 18.2 Å². The number of imidazole rings is 1. The summed E-state index contributed by atoms with van der Waals surface area (Å²) in [6, 6.07) is 17.1. The number of amides is 1. The summed E-state index contributed by atoms with van der Waals surface area (Å²) in [4.78, 5) is 16.9. The van der Waals surface area contributed by atoms with Crippen molar-refractivity contribution in [2.24, 2.45) is 0 Å². The zero-order valence-electron chi connectivity index (χ0n) is 13.5. The first-order valence-electron chi connectivity index (χ1n) is 7.91. The predicted octanol–water partition coefficient (Wildman–Crippen LogP) is 5.05. The van der Waals surface area contributed by atoms with E-state index in [1.807, 2.05) is 41.1 Å². The van der Waals surface area contributed by atoms with Crippen LogP contribution >= 0.6 is 11.6 Å². The minimum Gasteiger partial charge on any atom is -0.322 e. The molecule has 4 rings (SSSR count). The fourth-order valence-electron chi connectivity index (χ4n) is 2.74. The third kappa shape index (κ3) is 3.05. The predicted molar refractivity (Wildman–Crippen MR) is 100.0 cm³/mol. The van der Waals surface area contributed by atoms with Crippen LogP contribution in [0.2, 0.25) is 5.02 Å². The highest BCUT2D eigenvalue weighted by Crippen LogP contribution is 2.24. The molecule has 0 aliphatic heterocycles. The van der Waals surface area contributed by atoms with Crippen LogP contribution in [0.25, 0.3) is 16.9 Å². The number of carbonyl (C=O) groups is 1. The van der Waals surface area contributed by atoms with E-state index in [-0.39, 0.29) is 10.6 Å². The number of anilines is 1. The van der Waals surface area contributed by atoms with Gasteiger partial charge in [0.05, 0.1) is 16.3 Å². The fourth-order valence-corrected chi connectivity index (χ4v) is 2.99. The molecule has 4 nitrogen and oxygen atoms in total. The maximum absolute atomic E-state index is 13.9. The van der Waals surface area contributed by atoms with Gasteiger partial charge in [-0.25, -0.2) is 9.37 Å². The van der Waals surface area contributed by atoms with Gasteiger partial charge >= 0.3 is 0 Å². The van der Waals surface area contributed by atoms with E-state index in [4.69, 9.17) is 11.6 Å². The number of benzene rings is 2. The SMILES string of the molecule is O=C(Nc1cccc(-c2cn3ccccc3n2)c1)c1c(F)cccc1Cl. The Labute approximate surface area is 153 Å². The summed E-state index contributed by atoms with van der Waals surface area (Å²) in [5, 5.41) is 2.75. The Morgan fingerprint density at radius 2 is 1.92 bits per heavy atom. The zero-order valence-corrected chi connectivity index (χ0v) is 14.2. The number of hydrogen-bond donors (Lipinski definition) is 1. The minimum absolute atomic E-state index is 0.0685. The average Bonchev–Trinajstić information content (AvgIpc) is 3.06. The number of halogens is 2. The molecular formula is C20H13ClFN3O. The highest BCUT2D eigenvalue weighted by molar-refractivity contribution is 6.34. The average molecular weight is 366 g/mol. The Morgan fingerprint density at radius 1 is 1.08 bits per heavy atom. The molecule has 0 spiro atoms. The van der Waals surface area contributed by atoms with Crippen LogP contribution in [0.5, 0.6) is 0 Å². The molecule has 2 heterocycles. The molecule has 0 unspecified atom stereocenters. The maximum Gasteiger partial charge on any atom is 0.260 e. The standard InChI is InChI=1S/C20H13ClFN3O/c21-15-7-4-8-16(22)19(15)20(26)23-14-6-3-5-13(11-14)17-12-25-10-2-1-9-18(25)24-17/h1-12H,(H,23,26). The second-order valence-corrected chi connectivity index (χ2v) is 6.13. The van der Waals surface area contributed by atoms with Crippen molar-refractivity contribution in [1.29, 1.82) is 0 Å². The highest BCUT2D eigenvalue weighted by Gasteiger charge is 2.16. The maximum atomic E-state index is 13.9. The van der Waals surface area contributed by atoms with Crippen molar-refractivity contribution >= 4 is 28.8 Å². The van der Waals surface area contributed by atoms with Crippen LogP contribution in [-0.4, -0.2) is 15.3 Å². The molecule has 0 bridgehead atoms. The highest BCUT2D eigenvalue weighted by atomic mass is 35.5. The van der Waals surface area contributed by atoms with Gasteiger partial charge in [-0.15, -0.1) is 0 Å². The van der Waals surface area contributed by atoms with Crippen molar-refractivity contribution in [3.63, 3.8) is 0 Å². The number of nitrogens with one attached hydrogen (secondary N) is 1. The van der Waals surface area contributed by atoms with E-state index in [0.717, 1.165) is 16.9 Å². The van der Waals surface area contributed by atoms with E-state index in [2.05, 4.69) is 10.3 Å². The molecule has 0 atom stereocenters. The van der Waals surface area contributed by atoms with Crippen LogP contribution in [0.1, 0.15) is 10.4 Å². The van der Waals surface area contributed by atoms with Gasteiger partial charge in [0.2, 0.25) is 0 Å². The quantitative estimate of drug-likeness (QED) is 0.552. The minimum atomic E-state index is -0.661. The van der Waals surface area contributed by atoms with Crippen LogP contribution in [-0.2, 0) is 0 Å². The lowest BCUT2D eigenvalue weighted by Crippen LogP contribution is -2.14. The Hall–Kier alpha value is -3.18. The number of pyridine rings is 1. The van der Waals surface area contributed by atoms with Crippen molar-refractivity contribution in [2.75, 3.05) is 5.32 Å². The zero-order chi connectivity index (χ0) is 18.1. The first-order valence-corrected chi connectivity index (χ1v) is 8.29. The van der Waals surface area contributed by atoms with Crippen LogP contribution in [0, 0.1) is 5.82 Å². The van der Waals surface area contributed by atoms with Gasteiger partial charge in [-0.2, -0.15) is 0 Å². The molecule has 0 aliphatic carbocycles. The third-order valence-corrected chi connectivity index (χ3v) is 4.28. The Morgan fingerprint density at radius 3 is 2.73 bits per heavy atom. The summed E-state index contributed by atoms with van der Waals surface area (Å²) >= 11 is 5.95. The first-order chi connectivity index (χ1) is 12.6. The van der Waals surface area contributed by atoms with E-state index in [0.29, 0.717) is 5.69 Å². The van der Waals surface area contributed by atoms with E-state index < -0.39 is 11.7 Å². The lowest BCUT2D eigenvalue weighted by Gasteiger charge is -2.08. The summed E-state index contributed by atoms with van der Waals surface area (Å²) in [5.74, 6) is -1.26. The molecule has 2 aromatic heterocycles. The Bertz CT molecular complexity index is 1070. The molecule has 1 N–H and O–H groups in total. The lowest BCUT2D eigenvalue weighted by molar-refractivity contribution is 0.102. The van der Waals surface area contributed by atoms with Crippen molar-refractivity contribution in [3.05, 3.63) is 89.5 Å². The van der Waals surface area contributed by atoms with Gasteiger partial charge in [0.1, 0.15) is 11.5 Å². The molecule has 0 saturated carbocycles. The van der Waals surface area contributed by atoms with Crippen molar-refractivity contribution in [1.82, 2.24) is 9.38 Å². The third-order valence-electron chi connectivity index (χ3n) is 3.97. The molecule has 0 aliphatic rings. The van der Waals surface area contributed by atoms with Crippen LogP contribution < -0.4 is 5.32 Å². The second kappa shape index (κ2) is 6.61. The van der Waals surface area contributed by atoms with Crippen LogP contribution in [0.4, 0.5) is 10.1 Å². The number of hydrogen-bond acceptors (Lipinski definition) is 2. The van der Waals surface area contributed by atoms with Gasteiger partial charge in [-0.1, -0.05) is 35.9 Å². The van der Waals surface area contributed by atoms with Gasteiger partial charge < -0.3 is 9.72 Å². The normalized spacial score (nSPS) is 10.8. The Balaban J connectivity index is 1.64. The first kappa shape index (κ1) is 16.3. The van der Waals surface area contributed by atoms with E-state index in [1.54, 1.807) is 18.2 Å². The van der Waals surface area contributed by atoms with Gasteiger partial charge in [-0.3, -0.25) is 4.79 Å². The van der Waals surface area contributed by atoms with E-state index in [9.17, 15) is 9.18 Å². The molecule has 0 radical (unpaired) electrons. The molecular weight excluding hydrogens is 353 g/mol. The van der Waals surface area contributed by atoms with Crippen molar-refractivity contribution < 1.29 is 9.18 Å². The van der Waals surface area contributed by atoms with Crippen molar-refractivity contribution in [3.8, 4) is 11.3 Å². The molecule has 128 valence electrons. The molecule has 0 saturated heterocycles. The van der Waals surface area contributed by atoms with Crippen LogP contribution in [0.3, 0.4) is 0 Å². The molecule has 1 amide bonds. The largest absolute Gasteiger partial charge is 0.322 e. The van der Waals surface area contributed by atoms with E-state index >= 15 is 0 Å². The number of nitrogens with zero attached hydrogens (tertiary/aromatic N) is 2. The number of aromatic nitrogens is 2. The summed E-state index contributed by atoms with van der Waals surface area (Å²) in [7, 11) is 0. The number of carbonyl (C=O) groups excluding carboxylic acids is 1. The molecule has 2 aromatic carbocycles. The lowest BCUT2D eigenvalue weighted by atomic mass is 10.1.